The molecule has 1 saturated carbocycles. The third kappa shape index (κ3) is 4.68. The van der Waals surface area contributed by atoms with Gasteiger partial charge in [0.05, 0.1) is 0 Å². The first-order chi connectivity index (χ1) is 9.20. The van der Waals surface area contributed by atoms with Gasteiger partial charge in [-0.15, -0.1) is 11.6 Å². The molecule has 1 heterocycles. The molecule has 0 radical (unpaired) electrons. The van der Waals surface area contributed by atoms with Crippen molar-refractivity contribution in [1.29, 1.82) is 0 Å². The Morgan fingerprint density at radius 1 is 1.11 bits per heavy atom. The van der Waals surface area contributed by atoms with Crippen molar-refractivity contribution in [2.75, 3.05) is 19.0 Å². The highest BCUT2D eigenvalue weighted by molar-refractivity contribution is 6.17. The van der Waals surface area contributed by atoms with E-state index in [1.54, 1.807) is 0 Å². The zero-order valence-electron chi connectivity index (χ0n) is 11.4. The third-order valence-corrected chi connectivity index (χ3v) is 4.15. The van der Waals surface area contributed by atoms with Crippen LogP contribution in [0.5, 0.6) is 0 Å². The predicted octanol–water partition coefficient (Wildman–Crippen LogP) is 1.91. The highest BCUT2D eigenvalue weighted by Gasteiger charge is 2.34. The lowest BCUT2D eigenvalue weighted by Gasteiger charge is -2.32. The molecule has 0 aromatic carbocycles. The summed E-state index contributed by atoms with van der Waals surface area (Å²) in [5.74, 6) is 1.38. The van der Waals surface area contributed by atoms with Crippen LogP contribution in [0.4, 0.5) is 0 Å². The van der Waals surface area contributed by atoms with Crippen LogP contribution in [0.15, 0.2) is 0 Å². The fraction of sp³-hybridized carbons (Fsp3) is 0.857. The number of likely N-dealkylation sites (tertiary alicyclic amines) is 1. The fourth-order valence-electron chi connectivity index (χ4n) is 2.51. The average Bonchev–Trinajstić information content (AvgIpc) is 3.23. The third-order valence-electron chi connectivity index (χ3n) is 3.89. The summed E-state index contributed by atoms with van der Waals surface area (Å²) in [6, 6.07) is 0.242. The smallest absolute Gasteiger partial charge is 0.225 e. The second-order valence-corrected chi connectivity index (χ2v) is 5.97. The topological polar surface area (TPSA) is 49.4 Å². The number of halogens is 1. The number of hydrogen-bond donors (Lipinski definition) is 1. The molecule has 1 N–H and O–H groups in total. The summed E-state index contributed by atoms with van der Waals surface area (Å²) in [6.07, 6.45) is 6.22. The van der Waals surface area contributed by atoms with E-state index < -0.39 is 0 Å². The molecule has 1 aliphatic carbocycles. The minimum Gasteiger partial charge on any atom is -0.353 e. The van der Waals surface area contributed by atoms with Crippen LogP contribution >= 0.6 is 11.6 Å². The molecule has 2 aliphatic rings. The lowest BCUT2D eigenvalue weighted by Crippen LogP contribution is -2.46. The van der Waals surface area contributed by atoms with Crippen molar-refractivity contribution >= 4 is 23.4 Å². The number of rotatable bonds is 6. The van der Waals surface area contributed by atoms with E-state index in [1.807, 2.05) is 4.90 Å². The van der Waals surface area contributed by atoms with E-state index in [4.69, 9.17) is 11.6 Å². The van der Waals surface area contributed by atoms with Crippen LogP contribution in [-0.2, 0) is 9.59 Å². The molecule has 19 heavy (non-hydrogen) atoms. The van der Waals surface area contributed by atoms with Gasteiger partial charge >= 0.3 is 0 Å². The number of carbonyl (C=O) groups is 2. The molecule has 108 valence electrons. The Balaban J connectivity index is 1.62. The molecule has 0 aromatic rings. The van der Waals surface area contributed by atoms with Gasteiger partial charge in [-0.05, 0) is 38.5 Å². The van der Waals surface area contributed by atoms with Crippen molar-refractivity contribution < 1.29 is 9.59 Å². The quantitative estimate of drug-likeness (QED) is 0.599. The van der Waals surface area contributed by atoms with E-state index in [0.29, 0.717) is 24.1 Å². The Kier molecular flexibility index (Phi) is 5.49. The van der Waals surface area contributed by atoms with Gasteiger partial charge in [0.1, 0.15) is 0 Å². The number of nitrogens with one attached hydrogen (secondary N) is 1. The van der Waals surface area contributed by atoms with Gasteiger partial charge in [0.25, 0.3) is 0 Å². The molecule has 0 bridgehead atoms. The second-order valence-electron chi connectivity index (χ2n) is 5.59. The average molecular weight is 287 g/mol. The molecule has 2 amide bonds. The fourth-order valence-corrected chi connectivity index (χ4v) is 2.70. The van der Waals surface area contributed by atoms with E-state index in [-0.39, 0.29) is 11.9 Å². The van der Waals surface area contributed by atoms with E-state index in [2.05, 4.69) is 5.32 Å². The summed E-state index contributed by atoms with van der Waals surface area (Å²) in [4.78, 5) is 25.5. The summed E-state index contributed by atoms with van der Waals surface area (Å²) >= 11 is 5.58. The molecule has 0 aromatic heterocycles. The van der Waals surface area contributed by atoms with Crippen molar-refractivity contribution in [3.05, 3.63) is 0 Å². The number of nitrogens with zero attached hydrogens (tertiary/aromatic N) is 1. The first-order valence-electron chi connectivity index (χ1n) is 7.35. The van der Waals surface area contributed by atoms with Crippen LogP contribution in [0.25, 0.3) is 0 Å². The molecule has 0 spiro atoms. The molecular formula is C14H23ClN2O2. The Labute approximate surface area is 119 Å². The van der Waals surface area contributed by atoms with Gasteiger partial charge in [0, 0.05) is 37.4 Å². The normalized spacial score (nSPS) is 20.4. The van der Waals surface area contributed by atoms with Crippen LogP contribution in [0.3, 0.4) is 0 Å². The molecule has 1 saturated heterocycles. The second kappa shape index (κ2) is 7.13. The maximum absolute atomic E-state index is 11.9. The minimum atomic E-state index is 0.122. The summed E-state index contributed by atoms with van der Waals surface area (Å²) in [7, 11) is 0. The molecule has 5 heteroatoms. The van der Waals surface area contributed by atoms with Crippen molar-refractivity contribution in [2.45, 2.75) is 51.0 Å². The Hall–Kier alpha value is -0.770. The van der Waals surface area contributed by atoms with E-state index in [0.717, 1.165) is 51.6 Å². The van der Waals surface area contributed by atoms with Gasteiger partial charge in [-0.2, -0.15) is 0 Å². The van der Waals surface area contributed by atoms with E-state index >= 15 is 0 Å². The van der Waals surface area contributed by atoms with Crippen LogP contribution in [0.1, 0.15) is 44.9 Å². The lowest BCUT2D eigenvalue weighted by atomic mass is 10.0. The largest absolute Gasteiger partial charge is 0.353 e. The first-order valence-corrected chi connectivity index (χ1v) is 7.88. The molecular weight excluding hydrogens is 264 g/mol. The van der Waals surface area contributed by atoms with Crippen LogP contribution in [0.2, 0.25) is 0 Å². The number of hydrogen-bond acceptors (Lipinski definition) is 2. The maximum atomic E-state index is 11.9. The number of carbonyl (C=O) groups excluding carboxylic acids is 2. The molecule has 0 atom stereocenters. The maximum Gasteiger partial charge on any atom is 0.225 e. The van der Waals surface area contributed by atoms with Crippen LogP contribution < -0.4 is 5.32 Å². The number of unbranched alkanes of at least 4 members (excludes halogenated alkanes) is 1. The Morgan fingerprint density at radius 3 is 2.37 bits per heavy atom. The SMILES string of the molecule is O=C(CCCCCl)NC1CCN(C(=O)C2CC2)CC1. The van der Waals surface area contributed by atoms with E-state index in [9.17, 15) is 9.59 Å². The minimum absolute atomic E-state index is 0.122. The number of piperidine rings is 1. The highest BCUT2D eigenvalue weighted by Crippen LogP contribution is 2.31. The van der Waals surface area contributed by atoms with Gasteiger partial charge < -0.3 is 10.2 Å². The highest BCUT2D eigenvalue weighted by atomic mass is 35.5. The zero-order valence-corrected chi connectivity index (χ0v) is 12.1. The summed E-state index contributed by atoms with van der Waals surface area (Å²) in [6.45, 7) is 1.59. The van der Waals surface area contributed by atoms with Crippen molar-refractivity contribution in [2.24, 2.45) is 5.92 Å². The van der Waals surface area contributed by atoms with Gasteiger partial charge in [0.2, 0.25) is 11.8 Å². The van der Waals surface area contributed by atoms with Gasteiger partial charge in [-0.25, -0.2) is 0 Å². The number of amides is 2. The predicted molar refractivity (Wildman–Crippen MR) is 75.0 cm³/mol. The molecule has 4 nitrogen and oxygen atoms in total. The van der Waals surface area contributed by atoms with Gasteiger partial charge in [-0.3, -0.25) is 9.59 Å². The Bertz CT molecular complexity index is 323. The van der Waals surface area contributed by atoms with Crippen LogP contribution in [0, 0.1) is 5.92 Å². The summed E-state index contributed by atoms with van der Waals surface area (Å²) < 4.78 is 0. The molecule has 0 unspecified atom stereocenters. The van der Waals surface area contributed by atoms with Crippen LogP contribution in [-0.4, -0.2) is 41.7 Å². The lowest BCUT2D eigenvalue weighted by molar-refractivity contribution is -0.133. The number of alkyl halides is 1. The monoisotopic (exact) mass is 286 g/mol. The van der Waals surface area contributed by atoms with Gasteiger partial charge in [-0.1, -0.05) is 0 Å². The molecule has 2 fully saturated rings. The molecule has 2 rings (SSSR count). The molecule has 1 aliphatic heterocycles. The standard InChI is InChI=1S/C14H23ClN2O2/c15-8-2-1-3-13(18)16-12-6-9-17(10-7-12)14(19)11-4-5-11/h11-12H,1-10H2,(H,16,18). The van der Waals surface area contributed by atoms with Crippen molar-refractivity contribution in [3.63, 3.8) is 0 Å². The van der Waals surface area contributed by atoms with Crippen molar-refractivity contribution in [3.8, 4) is 0 Å². The van der Waals surface area contributed by atoms with Gasteiger partial charge in [0.15, 0.2) is 0 Å². The van der Waals surface area contributed by atoms with Crippen molar-refractivity contribution in [1.82, 2.24) is 10.2 Å². The first kappa shape index (κ1) is 14.6. The summed E-state index contributed by atoms with van der Waals surface area (Å²) in [5, 5.41) is 3.06. The van der Waals surface area contributed by atoms with E-state index in [1.165, 1.54) is 0 Å². The summed E-state index contributed by atoms with van der Waals surface area (Å²) in [5.41, 5.74) is 0. The Morgan fingerprint density at radius 2 is 1.79 bits per heavy atom. The zero-order chi connectivity index (χ0) is 13.7.